The van der Waals surface area contributed by atoms with Crippen molar-refractivity contribution in [3.8, 4) is 6.07 Å². The molecule has 1 aromatic rings. The van der Waals surface area contributed by atoms with E-state index in [1.54, 1.807) is 24.3 Å². The van der Waals surface area contributed by atoms with Crippen LogP contribution in [-0.4, -0.2) is 40.2 Å². The highest BCUT2D eigenvalue weighted by Crippen LogP contribution is 2.26. The van der Waals surface area contributed by atoms with Crippen molar-refractivity contribution in [2.45, 2.75) is 30.2 Å². The molecule has 1 saturated heterocycles. The number of nitrogens with zero attached hydrogens (tertiary/aromatic N) is 2. The Morgan fingerprint density at radius 1 is 1.38 bits per heavy atom. The molecule has 0 bridgehead atoms. The van der Waals surface area contributed by atoms with Crippen LogP contribution in [0.15, 0.2) is 29.2 Å². The third-order valence-corrected chi connectivity index (χ3v) is 4.40. The van der Waals surface area contributed by atoms with E-state index in [1.807, 2.05) is 6.07 Å². The molecule has 1 fully saturated rings. The highest BCUT2D eigenvalue weighted by Gasteiger charge is 2.33. The zero-order valence-corrected chi connectivity index (χ0v) is 12.3. The minimum atomic E-state index is -0.954. The molecule has 1 amide bonds. The molecule has 0 aliphatic carbocycles. The van der Waals surface area contributed by atoms with Gasteiger partial charge in [-0.15, -0.1) is 11.8 Å². The number of hydrogen-bond donors (Lipinski definition) is 1. The number of carboxylic acid groups (broad SMARTS) is 1. The summed E-state index contributed by atoms with van der Waals surface area (Å²) >= 11 is 1.29. The van der Waals surface area contributed by atoms with Gasteiger partial charge >= 0.3 is 5.97 Å². The first kappa shape index (κ1) is 15.4. The van der Waals surface area contributed by atoms with Crippen molar-refractivity contribution < 1.29 is 14.7 Å². The normalized spacial score (nSPS) is 18.0. The lowest BCUT2D eigenvalue weighted by Gasteiger charge is -2.33. The topological polar surface area (TPSA) is 81.4 Å². The van der Waals surface area contributed by atoms with Crippen LogP contribution < -0.4 is 0 Å². The molecule has 2 rings (SSSR count). The van der Waals surface area contributed by atoms with E-state index in [4.69, 9.17) is 5.26 Å². The summed E-state index contributed by atoms with van der Waals surface area (Å²) in [6, 6.07) is 8.32. The first-order valence-corrected chi connectivity index (χ1v) is 7.76. The number of thioether (sulfide) groups is 1. The number of carbonyl (C=O) groups excluding carboxylic acids is 1. The molecule has 0 saturated carbocycles. The van der Waals surface area contributed by atoms with Crippen LogP contribution in [-0.2, 0) is 4.79 Å². The summed E-state index contributed by atoms with van der Waals surface area (Å²) in [5.41, 5.74) is 0.478. The number of likely N-dealkylation sites (tertiary alicyclic amines) is 1. The Hall–Kier alpha value is -2.00. The van der Waals surface area contributed by atoms with E-state index < -0.39 is 12.0 Å². The quantitative estimate of drug-likeness (QED) is 0.864. The van der Waals surface area contributed by atoms with Crippen LogP contribution in [0.4, 0.5) is 0 Å². The Bertz CT molecular complexity index is 583. The summed E-state index contributed by atoms with van der Waals surface area (Å²) in [6.07, 6.45) is 2.14. The summed E-state index contributed by atoms with van der Waals surface area (Å²) in [7, 11) is 0. The monoisotopic (exact) mass is 304 g/mol. The van der Waals surface area contributed by atoms with Crippen molar-refractivity contribution in [3.63, 3.8) is 0 Å². The lowest BCUT2D eigenvalue weighted by atomic mass is 10.0. The molecule has 5 nitrogen and oxygen atoms in total. The van der Waals surface area contributed by atoms with Gasteiger partial charge in [0, 0.05) is 11.4 Å². The number of aliphatic carboxylic acids is 1. The van der Waals surface area contributed by atoms with Crippen LogP contribution in [0.5, 0.6) is 0 Å². The Morgan fingerprint density at radius 2 is 2.14 bits per heavy atom. The van der Waals surface area contributed by atoms with Crippen LogP contribution >= 0.6 is 11.8 Å². The van der Waals surface area contributed by atoms with Crippen LogP contribution in [0.3, 0.4) is 0 Å². The summed E-state index contributed by atoms with van der Waals surface area (Å²) in [5.74, 6) is -0.958. The fourth-order valence-corrected chi connectivity index (χ4v) is 3.17. The predicted octanol–water partition coefficient (Wildman–Crippen LogP) is 2.38. The molecule has 0 radical (unpaired) electrons. The maximum Gasteiger partial charge on any atom is 0.326 e. The van der Waals surface area contributed by atoms with E-state index in [-0.39, 0.29) is 11.7 Å². The Labute approximate surface area is 127 Å². The standard InChI is InChI=1S/C15H16N2O3S/c16-8-10-21-13-7-2-1-5-11(13)14(18)17-9-4-3-6-12(17)15(19)20/h1-2,5,7,12H,3-4,6,9-10H2,(H,19,20)/t12-/m0/s1. The van der Waals surface area contributed by atoms with Gasteiger partial charge in [-0.05, 0) is 31.4 Å². The van der Waals surface area contributed by atoms with Crippen LogP contribution in [0.25, 0.3) is 0 Å². The average molecular weight is 304 g/mol. The molecule has 0 spiro atoms. The highest BCUT2D eigenvalue weighted by atomic mass is 32.2. The molecule has 6 heteroatoms. The van der Waals surface area contributed by atoms with Gasteiger partial charge in [0.1, 0.15) is 6.04 Å². The van der Waals surface area contributed by atoms with Crippen LogP contribution in [0.2, 0.25) is 0 Å². The van der Waals surface area contributed by atoms with Gasteiger partial charge in [0.05, 0.1) is 17.4 Å². The maximum atomic E-state index is 12.7. The van der Waals surface area contributed by atoms with Gasteiger partial charge < -0.3 is 10.0 Å². The van der Waals surface area contributed by atoms with Crippen molar-refractivity contribution in [1.82, 2.24) is 4.90 Å². The SMILES string of the molecule is N#CCSc1ccccc1C(=O)N1CCCC[C@H]1C(=O)O. The molecule has 1 aliphatic heterocycles. The third kappa shape index (κ3) is 3.56. The zero-order chi connectivity index (χ0) is 15.2. The van der Waals surface area contributed by atoms with Crippen molar-refractivity contribution in [1.29, 1.82) is 5.26 Å². The minimum absolute atomic E-state index is 0.257. The third-order valence-electron chi connectivity index (χ3n) is 3.46. The molecule has 0 unspecified atom stereocenters. The van der Waals surface area contributed by atoms with E-state index in [9.17, 15) is 14.7 Å². The van der Waals surface area contributed by atoms with Gasteiger partial charge in [-0.25, -0.2) is 4.79 Å². The number of nitriles is 1. The minimum Gasteiger partial charge on any atom is -0.480 e. The lowest BCUT2D eigenvalue weighted by Crippen LogP contribution is -2.48. The number of piperidine rings is 1. The molecular formula is C15H16N2O3S. The zero-order valence-electron chi connectivity index (χ0n) is 11.5. The molecule has 0 aromatic heterocycles. The summed E-state index contributed by atoms with van der Waals surface area (Å²) in [4.78, 5) is 26.1. The molecule has 110 valence electrons. The number of carboxylic acids is 1. The van der Waals surface area contributed by atoms with E-state index in [0.29, 0.717) is 18.5 Å². The fraction of sp³-hybridized carbons (Fsp3) is 0.400. The van der Waals surface area contributed by atoms with E-state index in [0.717, 1.165) is 17.7 Å². The van der Waals surface area contributed by atoms with E-state index >= 15 is 0 Å². The molecule has 1 atom stereocenters. The van der Waals surface area contributed by atoms with Gasteiger partial charge in [-0.1, -0.05) is 12.1 Å². The number of rotatable bonds is 4. The molecule has 21 heavy (non-hydrogen) atoms. The molecular weight excluding hydrogens is 288 g/mol. The van der Waals surface area contributed by atoms with Crippen LogP contribution in [0, 0.1) is 11.3 Å². The molecule has 1 aromatic carbocycles. The summed E-state index contributed by atoms with van der Waals surface area (Å²) in [5, 5.41) is 17.9. The maximum absolute atomic E-state index is 12.7. The van der Waals surface area contributed by atoms with E-state index in [2.05, 4.69) is 0 Å². The first-order valence-electron chi connectivity index (χ1n) is 6.77. The highest BCUT2D eigenvalue weighted by molar-refractivity contribution is 7.99. The lowest BCUT2D eigenvalue weighted by molar-refractivity contribution is -0.143. The second-order valence-electron chi connectivity index (χ2n) is 4.79. The van der Waals surface area contributed by atoms with Gasteiger partial charge in [0.2, 0.25) is 0 Å². The summed E-state index contributed by atoms with van der Waals surface area (Å²) in [6.45, 7) is 0.465. The first-order chi connectivity index (χ1) is 10.1. The Kier molecular flexibility index (Phi) is 5.23. The van der Waals surface area contributed by atoms with Gasteiger partial charge in [-0.3, -0.25) is 4.79 Å². The second kappa shape index (κ2) is 7.14. The van der Waals surface area contributed by atoms with Gasteiger partial charge in [0.15, 0.2) is 0 Å². The fourth-order valence-electron chi connectivity index (χ4n) is 2.47. The van der Waals surface area contributed by atoms with Crippen molar-refractivity contribution >= 4 is 23.6 Å². The average Bonchev–Trinajstić information content (AvgIpc) is 2.52. The Balaban J connectivity index is 2.26. The van der Waals surface area contributed by atoms with E-state index in [1.165, 1.54) is 16.7 Å². The molecule has 1 N–H and O–H groups in total. The van der Waals surface area contributed by atoms with Crippen molar-refractivity contribution in [2.24, 2.45) is 0 Å². The van der Waals surface area contributed by atoms with Crippen molar-refractivity contribution in [2.75, 3.05) is 12.3 Å². The molecule has 1 heterocycles. The van der Waals surface area contributed by atoms with Gasteiger partial charge in [-0.2, -0.15) is 5.26 Å². The van der Waals surface area contributed by atoms with Crippen molar-refractivity contribution in [3.05, 3.63) is 29.8 Å². The van der Waals surface area contributed by atoms with Gasteiger partial charge in [0.25, 0.3) is 5.91 Å². The predicted molar refractivity (Wildman–Crippen MR) is 79.1 cm³/mol. The number of benzene rings is 1. The largest absolute Gasteiger partial charge is 0.480 e. The second-order valence-corrected chi connectivity index (χ2v) is 5.81. The van der Waals surface area contributed by atoms with Crippen LogP contribution in [0.1, 0.15) is 29.6 Å². The smallest absolute Gasteiger partial charge is 0.326 e. The molecule has 1 aliphatic rings. The Morgan fingerprint density at radius 3 is 2.86 bits per heavy atom. The number of hydrogen-bond acceptors (Lipinski definition) is 4. The summed E-state index contributed by atoms with van der Waals surface area (Å²) < 4.78 is 0. The number of amides is 1. The number of carbonyl (C=O) groups is 2.